The molecule has 1 unspecified atom stereocenters. The van der Waals surface area contributed by atoms with Gasteiger partial charge in [-0.1, -0.05) is 72.8 Å². The monoisotopic (exact) mass is 454 g/mol. The van der Waals surface area contributed by atoms with E-state index in [1.54, 1.807) is 0 Å². The molecular weight excluding hydrogens is 420 g/mol. The minimum atomic E-state index is -0.807. The Labute approximate surface area is 202 Å². The second-order valence-electron chi connectivity index (χ2n) is 9.66. The molecule has 0 spiro atoms. The molecule has 2 aliphatic heterocycles. The summed E-state index contributed by atoms with van der Waals surface area (Å²) in [5, 5.41) is 0. The van der Waals surface area contributed by atoms with Gasteiger partial charge in [0.2, 0.25) is 5.91 Å². The third-order valence-corrected chi connectivity index (χ3v) is 7.75. The first kappa shape index (κ1) is 22.7. The van der Waals surface area contributed by atoms with Crippen LogP contribution in [0.5, 0.6) is 5.75 Å². The van der Waals surface area contributed by atoms with Crippen molar-refractivity contribution in [2.24, 2.45) is 11.7 Å². The van der Waals surface area contributed by atoms with Crippen molar-refractivity contribution in [3.05, 3.63) is 101 Å². The Bertz CT molecular complexity index is 1070. The summed E-state index contributed by atoms with van der Waals surface area (Å²) in [4.78, 5) is 15.9. The highest BCUT2D eigenvalue weighted by atomic mass is 16.5. The van der Waals surface area contributed by atoms with E-state index in [1.165, 1.54) is 11.1 Å². The maximum absolute atomic E-state index is 13.3. The SMILES string of the molecule is NC(=O)C(c1ccccc1)(c1ccccc1)C1CCCN(CCc2ccc3c(c2)CCO3)CC1. The fourth-order valence-electron chi connectivity index (χ4n) is 6.02. The van der Waals surface area contributed by atoms with E-state index in [1.807, 2.05) is 36.4 Å². The minimum Gasteiger partial charge on any atom is -0.493 e. The van der Waals surface area contributed by atoms with Crippen molar-refractivity contribution in [3.63, 3.8) is 0 Å². The van der Waals surface area contributed by atoms with Gasteiger partial charge in [-0.15, -0.1) is 0 Å². The average molecular weight is 455 g/mol. The molecule has 2 heterocycles. The van der Waals surface area contributed by atoms with Gasteiger partial charge in [-0.25, -0.2) is 0 Å². The summed E-state index contributed by atoms with van der Waals surface area (Å²) in [7, 11) is 0. The number of nitrogens with two attached hydrogens (primary N) is 1. The number of carbonyl (C=O) groups excluding carboxylic acids is 1. The Kier molecular flexibility index (Phi) is 6.68. The van der Waals surface area contributed by atoms with Gasteiger partial charge >= 0.3 is 0 Å². The summed E-state index contributed by atoms with van der Waals surface area (Å²) in [5.41, 5.74) is 10.2. The highest BCUT2D eigenvalue weighted by Crippen LogP contribution is 2.44. The maximum Gasteiger partial charge on any atom is 0.232 e. The van der Waals surface area contributed by atoms with Gasteiger partial charge < -0.3 is 15.4 Å². The second kappa shape index (κ2) is 10.0. The highest BCUT2D eigenvalue weighted by Gasteiger charge is 2.47. The third-order valence-electron chi connectivity index (χ3n) is 7.75. The predicted octanol–water partition coefficient (Wildman–Crippen LogP) is 4.74. The predicted molar refractivity (Wildman–Crippen MR) is 136 cm³/mol. The molecule has 1 atom stereocenters. The summed E-state index contributed by atoms with van der Waals surface area (Å²) in [6, 6.07) is 27.0. The van der Waals surface area contributed by atoms with Gasteiger partial charge in [0, 0.05) is 13.0 Å². The number of likely N-dealkylation sites (tertiary alicyclic amines) is 1. The van der Waals surface area contributed by atoms with Crippen LogP contribution in [0.25, 0.3) is 0 Å². The van der Waals surface area contributed by atoms with E-state index in [4.69, 9.17) is 10.5 Å². The average Bonchev–Trinajstić information content (AvgIpc) is 3.22. The van der Waals surface area contributed by atoms with Gasteiger partial charge in [0.25, 0.3) is 0 Å². The van der Waals surface area contributed by atoms with Gasteiger partial charge in [0.05, 0.1) is 6.61 Å². The molecule has 0 bridgehead atoms. The summed E-state index contributed by atoms with van der Waals surface area (Å²) in [6.45, 7) is 3.87. The molecular formula is C30H34N2O2. The van der Waals surface area contributed by atoms with Crippen LogP contribution in [0.2, 0.25) is 0 Å². The molecule has 5 rings (SSSR count). The first-order chi connectivity index (χ1) is 16.7. The van der Waals surface area contributed by atoms with Gasteiger partial charge in [-0.05, 0) is 73.0 Å². The van der Waals surface area contributed by atoms with Crippen molar-refractivity contribution in [1.29, 1.82) is 0 Å². The molecule has 4 nitrogen and oxygen atoms in total. The summed E-state index contributed by atoms with van der Waals surface area (Å²) < 4.78 is 5.65. The fourth-order valence-corrected chi connectivity index (χ4v) is 6.02. The Hall–Kier alpha value is -3.11. The van der Waals surface area contributed by atoms with E-state index in [0.717, 1.165) is 75.2 Å². The van der Waals surface area contributed by atoms with Crippen molar-refractivity contribution in [1.82, 2.24) is 4.90 Å². The molecule has 1 fully saturated rings. The Morgan fingerprint density at radius 1 is 0.941 bits per heavy atom. The quantitative estimate of drug-likeness (QED) is 0.561. The summed E-state index contributed by atoms with van der Waals surface area (Å²) in [6.07, 6.45) is 5.06. The number of hydrogen-bond donors (Lipinski definition) is 1. The zero-order chi connectivity index (χ0) is 23.4. The lowest BCUT2D eigenvalue weighted by Gasteiger charge is -2.39. The van der Waals surface area contributed by atoms with Crippen LogP contribution in [-0.2, 0) is 23.1 Å². The van der Waals surface area contributed by atoms with E-state index >= 15 is 0 Å². The van der Waals surface area contributed by atoms with Crippen LogP contribution in [0.4, 0.5) is 0 Å². The molecule has 1 saturated heterocycles. The van der Waals surface area contributed by atoms with E-state index in [9.17, 15) is 4.79 Å². The van der Waals surface area contributed by atoms with Crippen LogP contribution in [0.1, 0.15) is 41.5 Å². The van der Waals surface area contributed by atoms with Gasteiger partial charge in [-0.2, -0.15) is 0 Å². The lowest BCUT2D eigenvalue weighted by Crippen LogP contribution is -2.48. The molecule has 176 valence electrons. The van der Waals surface area contributed by atoms with Gasteiger partial charge in [0.1, 0.15) is 11.2 Å². The number of hydrogen-bond acceptors (Lipinski definition) is 3. The Morgan fingerprint density at radius 2 is 1.65 bits per heavy atom. The van der Waals surface area contributed by atoms with E-state index in [-0.39, 0.29) is 11.8 Å². The standard InChI is InChI=1S/C30H34N2O2/c31-29(33)30(25-8-3-1-4-9-25,26-10-5-2-6-11-26)27-12-7-18-32(20-16-27)19-15-23-13-14-28-24(22-23)17-21-34-28/h1-6,8-11,13-14,22,27H,7,12,15-21H2,(H2,31,33). The zero-order valence-corrected chi connectivity index (χ0v) is 19.8. The topological polar surface area (TPSA) is 55.6 Å². The van der Waals surface area contributed by atoms with Crippen molar-refractivity contribution in [2.45, 2.75) is 37.5 Å². The number of primary amides is 1. The van der Waals surface area contributed by atoms with E-state index in [2.05, 4.69) is 47.4 Å². The molecule has 0 aromatic heterocycles. The van der Waals surface area contributed by atoms with Crippen molar-refractivity contribution < 1.29 is 9.53 Å². The number of benzene rings is 3. The number of nitrogens with zero attached hydrogens (tertiary/aromatic N) is 1. The van der Waals surface area contributed by atoms with Crippen LogP contribution in [0.3, 0.4) is 0 Å². The van der Waals surface area contributed by atoms with Crippen LogP contribution in [-0.4, -0.2) is 37.0 Å². The molecule has 34 heavy (non-hydrogen) atoms. The third kappa shape index (κ3) is 4.35. The van der Waals surface area contributed by atoms with Crippen LogP contribution in [0, 0.1) is 5.92 Å². The van der Waals surface area contributed by atoms with Crippen molar-refractivity contribution in [2.75, 3.05) is 26.2 Å². The lowest BCUT2D eigenvalue weighted by molar-refractivity contribution is -0.124. The van der Waals surface area contributed by atoms with Crippen molar-refractivity contribution >= 4 is 5.91 Å². The Morgan fingerprint density at radius 3 is 2.32 bits per heavy atom. The molecule has 3 aromatic rings. The number of carbonyl (C=O) groups is 1. The molecule has 0 aliphatic carbocycles. The van der Waals surface area contributed by atoms with Crippen LogP contribution in [0.15, 0.2) is 78.9 Å². The first-order valence-corrected chi connectivity index (χ1v) is 12.6. The van der Waals surface area contributed by atoms with Crippen LogP contribution < -0.4 is 10.5 Å². The molecule has 1 amide bonds. The fraction of sp³-hybridized carbons (Fsp3) is 0.367. The Balaban J connectivity index is 1.35. The molecule has 4 heteroatoms. The zero-order valence-electron chi connectivity index (χ0n) is 19.8. The molecule has 3 aromatic carbocycles. The summed E-state index contributed by atoms with van der Waals surface area (Å²) in [5.74, 6) is 0.964. The highest BCUT2D eigenvalue weighted by molar-refractivity contribution is 5.91. The largest absolute Gasteiger partial charge is 0.493 e. The van der Waals surface area contributed by atoms with E-state index in [0.29, 0.717) is 0 Å². The van der Waals surface area contributed by atoms with Crippen molar-refractivity contribution in [3.8, 4) is 5.75 Å². The maximum atomic E-state index is 13.3. The van der Waals surface area contributed by atoms with Gasteiger partial charge in [-0.3, -0.25) is 4.79 Å². The smallest absolute Gasteiger partial charge is 0.232 e. The van der Waals surface area contributed by atoms with Gasteiger partial charge in [0.15, 0.2) is 0 Å². The number of ether oxygens (including phenoxy) is 1. The molecule has 0 saturated carbocycles. The molecule has 0 radical (unpaired) electrons. The second-order valence-corrected chi connectivity index (χ2v) is 9.66. The number of fused-ring (bicyclic) bond motifs is 1. The number of amides is 1. The molecule has 2 aliphatic rings. The normalized spacial score (nSPS) is 18.6. The molecule has 2 N–H and O–H groups in total. The lowest BCUT2D eigenvalue weighted by atomic mass is 9.63. The van der Waals surface area contributed by atoms with Crippen LogP contribution >= 0.6 is 0 Å². The van der Waals surface area contributed by atoms with E-state index < -0.39 is 5.41 Å². The number of rotatable bonds is 7. The summed E-state index contributed by atoms with van der Waals surface area (Å²) >= 11 is 0. The minimum absolute atomic E-state index is 0.164. The first-order valence-electron chi connectivity index (χ1n) is 12.6.